The number of aromatic carboxylic acids is 1. The molecule has 0 saturated heterocycles. The topological polar surface area (TPSA) is 78.4 Å². The minimum atomic E-state index is -0.969. The fourth-order valence-corrected chi connectivity index (χ4v) is 2.37. The van der Waals surface area contributed by atoms with Crippen molar-refractivity contribution in [1.29, 1.82) is 0 Å². The van der Waals surface area contributed by atoms with E-state index in [2.05, 4.69) is 24.5 Å². The van der Waals surface area contributed by atoms with Crippen LogP contribution in [0.2, 0.25) is 0 Å². The number of urea groups is 1. The van der Waals surface area contributed by atoms with Crippen molar-refractivity contribution in [2.45, 2.75) is 46.2 Å². The summed E-state index contributed by atoms with van der Waals surface area (Å²) in [6.07, 6.45) is 2.05. The molecule has 5 nitrogen and oxygen atoms in total. The molecule has 0 radical (unpaired) electrons. The SMILES string of the molecule is CCC(CC)C(C)NC(=O)NCc1cccc(C(=O)O)c1. The van der Waals surface area contributed by atoms with Crippen LogP contribution in [0.15, 0.2) is 24.3 Å². The molecular formula is C16H24N2O3. The molecule has 2 amide bonds. The molecule has 0 aliphatic carbocycles. The van der Waals surface area contributed by atoms with Crippen LogP contribution < -0.4 is 10.6 Å². The van der Waals surface area contributed by atoms with E-state index >= 15 is 0 Å². The van der Waals surface area contributed by atoms with Crippen molar-refractivity contribution in [2.75, 3.05) is 0 Å². The Bertz CT molecular complexity index is 484. The summed E-state index contributed by atoms with van der Waals surface area (Å²) in [6.45, 7) is 6.54. The third kappa shape index (κ3) is 5.45. The number of carbonyl (C=O) groups is 2. The summed E-state index contributed by atoms with van der Waals surface area (Å²) in [6, 6.07) is 6.44. The highest BCUT2D eigenvalue weighted by Crippen LogP contribution is 2.12. The first kappa shape index (κ1) is 17.0. The van der Waals surface area contributed by atoms with Crippen LogP contribution in [0.1, 0.15) is 49.5 Å². The molecule has 0 fully saturated rings. The van der Waals surface area contributed by atoms with Gasteiger partial charge < -0.3 is 15.7 Å². The third-order valence-corrected chi connectivity index (χ3v) is 3.74. The van der Waals surface area contributed by atoms with Gasteiger partial charge in [-0.25, -0.2) is 9.59 Å². The Kier molecular flexibility index (Phi) is 6.72. The number of nitrogens with one attached hydrogen (secondary N) is 2. The maximum Gasteiger partial charge on any atom is 0.335 e. The Morgan fingerprint density at radius 3 is 2.48 bits per heavy atom. The lowest BCUT2D eigenvalue weighted by Gasteiger charge is -2.22. The molecule has 0 heterocycles. The van der Waals surface area contributed by atoms with Crippen LogP contribution in [0.25, 0.3) is 0 Å². The molecule has 0 aliphatic rings. The molecule has 3 N–H and O–H groups in total. The number of carboxylic acids is 1. The second kappa shape index (κ2) is 8.29. The van der Waals surface area contributed by atoms with Gasteiger partial charge in [-0.3, -0.25) is 0 Å². The molecule has 1 atom stereocenters. The summed E-state index contributed by atoms with van der Waals surface area (Å²) in [5.74, 6) is -0.505. The normalized spacial score (nSPS) is 12.0. The van der Waals surface area contributed by atoms with Crippen molar-refractivity contribution in [1.82, 2.24) is 10.6 Å². The van der Waals surface area contributed by atoms with Gasteiger partial charge in [0, 0.05) is 12.6 Å². The zero-order valence-corrected chi connectivity index (χ0v) is 12.8. The van der Waals surface area contributed by atoms with Crippen molar-refractivity contribution in [3.63, 3.8) is 0 Å². The van der Waals surface area contributed by atoms with E-state index in [1.54, 1.807) is 18.2 Å². The lowest BCUT2D eigenvalue weighted by Crippen LogP contribution is -2.43. The van der Waals surface area contributed by atoms with E-state index in [0.29, 0.717) is 12.5 Å². The average molecular weight is 292 g/mol. The summed E-state index contributed by atoms with van der Waals surface area (Å²) in [5, 5.41) is 14.6. The molecule has 1 aromatic rings. The van der Waals surface area contributed by atoms with Gasteiger partial charge in [0.05, 0.1) is 5.56 Å². The Hall–Kier alpha value is -2.04. The van der Waals surface area contributed by atoms with Crippen molar-refractivity contribution >= 4 is 12.0 Å². The Labute approximate surface area is 125 Å². The molecule has 1 rings (SSSR count). The van der Waals surface area contributed by atoms with Crippen molar-refractivity contribution in [2.24, 2.45) is 5.92 Å². The maximum atomic E-state index is 11.8. The van der Waals surface area contributed by atoms with Gasteiger partial charge in [0.2, 0.25) is 0 Å². The fourth-order valence-electron chi connectivity index (χ4n) is 2.37. The summed E-state index contributed by atoms with van der Waals surface area (Å²) < 4.78 is 0. The van der Waals surface area contributed by atoms with E-state index in [1.165, 1.54) is 6.07 Å². The summed E-state index contributed by atoms with van der Waals surface area (Å²) in [5.41, 5.74) is 0.986. The number of rotatable bonds is 7. The minimum absolute atomic E-state index is 0.116. The Morgan fingerprint density at radius 1 is 1.24 bits per heavy atom. The molecule has 0 saturated carbocycles. The first-order valence-corrected chi connectivity index (χ1v) is 7.34. The molecule has 116 valence electrons. The zero-order chi connectivity index (χ0) is 15.8. The predicted octanol–water partition coefficient (Wildman–Crippen LogP) is 3.01. The van der Waals surface area contributed by atoms with E-state index in [9.17, 15) is 9.59 Å². The second-order valence-electron chi connectivity index (χ2n) is 5.20. The predicted molar refractivity (Wildman–Crippen MR) is 82.3 cm³/mol. The number of hydrogen-bond acceptors (Lipinski definition) is 2. The number of carbonyl (C=O) groups excluding carboxylic acids is 1. The van der Waals surface area contributed by atoms with E-state index in [-0.39, 0.29) is 17.6 Å². The van der Waals surface area contributed by atoms with Crippen molar-refractivity contribution in [3.8, 4) is 0 Å². The summed E-state index contributed by atoms with van der Waals surface area (Å²) in [7, 11) is 0. The van der Waals surface area contributed by atoms with Gasteiger partial charge in [-0.2, -0.15) is 0 Å². The molecule has 1 unspecified atom stereocenters. The van der Waals surface area contributed by atoms with Gasteiger partial charge in [0.15, 0.2) is 0 Å². The van der Waals surface area contributed by atoms with Crippen LogP contribution in [0.4, 0.5) is 4.79 Å². The van der Waals surface area contributed by atoms with E-state index < -0.39 is 5.97 Å². The lowest BCUT2D eigenvalue weighted by molar-refractivity contribution is 0.0696. The molecule has 0 bridgehead atoms. The van der Waals surface area contributed by atoms with Crippen LogP contribution in [0, 0.1) is 5.92 Å². The van der Waals surface area contributed by atoms with Gasteiger partial charge in [0.25, 0.3) is 0 Å². The highest BCUT2D eigenvalue weighted by atomic mass is 16.4. The lowest BCUT2D eigenvalue weighted by atomic mass is 9.96. The summed E-state index contributed by atoms with van der Waals surface area (Å²) in [4.78, 5) is 22.7. The highest BCUT2D eigenvalue weighted by Gasteiger charge is 2.15. The average Bonchev–Trinajstić information content (AvgIpc) is 2.46. The molecule has 5 heteroatoms. The van der Waals surface area contributed by atoms with E-state index in [0.717, 1.165) is 18.4 Å². The Morgan fingerprint density at radius 2 is 1.90 bits per heavy atom. The number of hydrogen-bond donors (Lipinski definition) is 3. The van der Waals surface area contributed by atoms with E-state index in [1.807, 2.05) is 6.92 Å². The van der Waals surface area contributed by atoms with Gasteiger partial charge in [0.1, 0.15) is 0 Å². The van der Waals surface area contributed by atoms with Crippen molar-refractivity contribution in [3.05, 3.63) is 35.4 Å². The largest absolute Gasteiger partial charge is 0.478 e. The van der Waals surface area contributed by atoms with Crippen LogP contribution in [0.5, 0.6) is 0 Å². The van der Waals surface area contributed by atoms with Crippen LogP contribution in [-0.2, 0) is 6.54 Å². The number of benzene rings is 1. The van der Waals surface area contributed by atoms with Crippen LogP contribution in [-0.4, -0.2) is 23.1 Å². The molecule has 0 aliphatic heterocycles. The first-order valence-electron chi connectivity index (χ1n) is 7.34. The molecule has 21 heavy (non-hydrogen) atoms. The van der Waals surface area contributed by atoms with Gasteiger partial charge in [-0.05, 0) is 30.5 Å². The molecular weight excluding hydrogens is 268 g/mol. The van der Waals surface area contributed by atoms with Gasteiger partial charge >= 0.3 is 12.0 Å². The minimum Gasteiger partial charge on any atom is -0.478 e. The van der Waals surface area contributed by atoms with Crippen LogP contribution >= 0.6 is 0 Å². The second-order valence-corrected chi connectivity index (χ2v) is 5.20. The fraction of sp³-hybridized carbons (Fsp3) is 0.500. The van der Waals surface area contributed by atoms with Gasteiger partial charge in [-0.1, -0.05) is 38.8 Å². The molecule has 0 aromatic heterocycles. The Balaban J connectivity index is 2.49. The molecule has 0 spiro atoms. The standard InChI is InChI=1S/C16H24N2O3/c1-4-13(5-2)11(3)18-16(21)17-10-12-7-6-8-14(9-12)15(19)20/h6-9,11,13H,4-5,10H2,1-3H3,(H,19,20)(H2,17,18,21). The maximum absolute atomic E-state index is 11.8. The number of carboxylic acid groups (broad SMARTS) is 1. The quantitative estimate of drug-likeness (QED) is 0.723. The van der Waals surface area contributed by atoms with Crippen LogP contribution in [0.3, 0.4) is 0 Å². The van der Waals surface area contributed by atoms with Gasteiger partial charge in [-0.15, -0.1) is 0 Å². The highest BCUT2D eigenvalue weighted by molar-refractivity contribution is 5.87. The molecule has 1 aromatic carbocycles. The zero-order valence-electron chi connectivity index (χ0n) is 12.8. The monoisotopic (exact) mass is 292 g/mol. The third-order valence-electron chi connectivity index (χ3n) is 3.74. The number of amides is 2. The smallest absolute Gasteiger partial charge is 0.335 e. The van der Waals surface area contributed by atoms with E-state index in [4.69, 9.17) is 5.11 Å². The summed E-state index contributed by atoms with van der Waals surface area (Å²) >= 11 is 0. The first-order chi connectivity index (χ1) is 9.97. The van der Waals surface area contributed by atoms with Crippen molar-refractivity contribution < 1.29 is 14.7 Å².